The molecular formula is C19H22FN3O2. The molecule has 1 N–H and O–H groups in total. The van der Waals surface area contributed by atoms with Crippen molar-refractivity contribution in [2.45, 2.75) is 51.1 Å². The Morgan fingerprint density at radius 1 is 1.12 bits per heavy atom. The van der Waals surface area contributed by atoms with Crippen LogP contribution in [0.4, 0.5) is 4.39 Å². The third-order valence-electron chi connectivity index (χ3n) is 4.53. The molecule has 0 bridgehead atoms. The van der Waals surface area contributed by atoms with E-state index in [1.165, 1.54) is 29.3 Å². The van der Waals surface area contributed by atoms with Gasteiger partial charge in [0.15, 0.2) is 0 Å². The number of rotatable bonds is 5. The van der Waals surface area contributed by atoms with E-state index in [-0.39, 0.29) is 36.3 Å². The molecule has 1 aliphatic rings. The number of hydrogen-bond acceptors (Lipinski definition) is 3. The van der Waals surface area contributed by atoms with Gasteiger partial charge in [-0.1, -0.05) is 19.3 Å². The van der Waals surface area contributed by atoms with Gasteiger partial charge in [0.25, 0.3) is 5.56 Å². The molecule has 0 atom stereocenters. The number of aromatic nitrogens is 2. The molecule has 25 heavy (non-hydrogen) atoms. The lowest BCUT2D eigenvalue weighted by molar-refractivity contribution is -0.122. The van der Waals surface area contributed by atoms with E-state index in [0.717, 1.165) is 31.2 Å². The van der Waals surface area contributed by atoms with Crippen LogP contribution in [0.15, 0.2) is 41.2 Å². The predicted octanol–water partition coefficient (Wildman–Crippen LogP) is 2.89. The number of hydrogen-bond donors (Lipinski definition) is 1. The van der Waals surface area contributed by atoms with E-state index in [1.54, 1.807) is 18.2 Å². The van der Waals surface area contributed by atoms with E-state index in [2.05, 4.69) is 10.4 Å². The molecule has 1 saturated carbocycles. The first-order valence-corrected chi connectivity index (χ1v) is 8.75. The van der Waals surface area contributed by atoms with E-state index in [1.807, 2.05) is 0 Å². The van der Waals surface area contributed by atoms with Crippen LogP contribution < -0.4 is 10.9 Å². The maximum atomic E-state index is 13.0. The van der Waals surface area contributed by atoms with E-state index in [4.69, 9.17) is 0 Å². The van der Waals surface area contributed by atoms with Crippen LogP contribution in [-0.2, 0) is 11.3 Å². The Morgan fingerprint density at radius 3 is 2.56 bits per heavy atom. The van der Waals surface area contributed by atoms with Gasteiger partial charge >= 0.3 is 0 Å². The molecule has 132 valence electrons. The lowest BCUT2D eigenvalue weighted by atomic mass is 9.95. The zero-order valence-corrected chi connectivity index (χ0v) is 14.1. The molecule has 1 aliphatic carbocycles. The molecule has 2 aromatic rings. The quantitative estimate of drug-likeness (QED) is 0.908. The summed E-state index contributed by atoms with van der Waals surface area (Å²) in [5.74, 6) is -0.371. The fourth-order valence-corrected chi connectivity index (χ4v) is 3.14. The Morgan fingerprint density at radius 2 is 1.84 bits per heavy atom. The first kappa shape index (κ1) is 17.3. The van der Waals surface area contributed by atoms with E-state index >= 15 is 0 Å². The van der Waals surface area contributed by atoms with Crippen molar-refractivity contribution in [3.05, 3.63) is 52.6 Å². The summed E-state index contributed by atoms with van der Waals surface area (Å²) in [5, 5.41) is 7.33. The van der Waals surface area contributed by atoms with Crippen molar-refractivity contribution in [2.24, 2.45) is 0 Å². The van der Waals surface area contributed by atoms with Crippen LogP contribution in [0.25, 0.3) is 11.3 Å². The number of nitrogens with zero attached hydrogens (tertiary/aromatic N) is 2. The second kappa shape index (κ2) is 8.05. The van der Waals surface area contributed by atoms with Crippen molar-refractivity contribution in [2.75, 3.05) is 0 Å². The van der Waals surface area contributed by atoms with Crippen LogP contribution in [0, 0.1) is 5.82 Å². The van der Waals surface area contributed by atoms with Crippen LogP contribution >= 0.6 is 0 Å². The number of aryl methyl sites for hydroxylation is 1. The van der Waals surface area contributed by atoms with Crippen molar-refractivity contribution in [1.29, 1.82) is 0 Å². The maximum absolute atomic E-state index is 13.0. The Kier molecular flexibility index (Phi) is 5.58. The molecule has 0 aliphatic heterocycles. The molecule has 0 unspecified atom stereocenters. The van der Waals surface area contributed by atoms with Gasteiger partial charge in [0.2, 0.25) is 5.91 Å². The SMILES string of the molecule is O=C(CCn1nc(-c2ccc(F)cc2)ccc1=O)NC1CCCCC1. The molecule has 0 saturated heterocycles. The van der Waals surface area contributed by atoms with E-state index in [0.29, 0.717) is 5.69 Å². The highest BCUT2D eigenvalue weighted by Crippen LogP contribution is 2.17. The van der Waals surface area contributed by atoms with Crippen LogP contribution in [-0.4, -0.2) is 21.7 Å². The van der Waals surface area contributed by atoms with Gasteiger partial charge in [0, 0.05) is 24.1 Å². The molecule has 0 radical (unpaired) electrons. The summed E-state index contributed by atoms with van der Waals surface area (Å²) in [6, 6.07) is 9.22. The van der Waals surface area contributed by atoms with Crippen LogP contribution in [0.2, 0.25) is 0 Å². The van der Waals surface area contributed by atoms with E-state index in [9.17, 15) is 14.0 Å². The van der Waals surface area contributed by atoms with Gasteiger partial charge in [0.05, 0.1) is 12.2 Å². The molecule has 6 heteroatoms. The lowest BCUT2D eigenvalue weighted by Crippen LogP contribution is -2.37. The topological polar surface area (TPSA) is 64.0 Å². The maximum Gasteiger partial charge on any atom is 0.266 e. The summed E-state index contributed by atoms with van der Waals surface area (Å²) in [4.78, 5) is 24.1. The molecule has 3 rings (SSSR count). The zero-order chi connectivity index (χ0) is 17.6. The van der Waals surface area contributed by atoms with Crippen LogP contribution in [0.1, 0.15) is 38.5 Å². The average molecular weight is 343 g/mol. The molecular weight excluding hydrogens is 321 g/mol. The van der Waals surface area contributed by atoms with Gasteiger partial charge in [0.1, 0.15) is 5.82 Å². The molecule has 5 nitrogen and oxygen atoms in total. The third kappa shape index (κ3) is 4.75. The lowest BCUT2D eigenvalue weighted by Gasteiger charge is -2.22. The summed E-state index contributed by atoms with van der Waals surface area (Å²) in [7, 11) is 0. The minimum absolute atomic E-state index is 0.0483. The fraction of sp³-hybridized carbons (Fsp3) is 0.421. The highest BCUT2D eigenvalue weighted by atomic mass is 19.1. The summed E-state index contributed by atoms with van der Waals surface area (Å²) >= 11 is 0. The third-order valence-corrected chi connectivity index (χ3v) is 4.53. The second-order valence-corrected chi connectivity index (χ2v) is 6.44. The van der Waals surface area contributed by atoms with Crippen molar-refractivity contribution in [3.8, 4) is 11.3 Å². The highest BCUT2D eigenvalue weighted by molar-refractivity contribution is 5.76. The molecule has 1 heterocycles. The minimum atomic E-state index is -0.323. The Balaban J connectivity index is 1.63. The Labute approximate surface area is 145 Å². The van der Waals surface area contributed by atoms with Gasteiger partial charge in [-0.2, -0.15) is 5.10 Å². The Bertz CT molecular complexity index is 780. The van der Waals surface area contributed by atoms with Crippen LogP contribution in [0.5, 0.6) is 0 Å². The van der Waals surface area contributed by atoms with Gasteiger partial charge in [-0.25, -0.2) is 9.07 Å². The van der Waals surface area contributed by atoms with Gasteiger partial charge < -0.3 is 5.32 Å². The summed E-state index contributed by atoms with van der Waals surface area (Å²) in [6.07, 6.45) is 5.84. The van der Waals surface area contributed by atoms with E-state index < -0.39 is 0 Å². The molecule has 1 aromatic heterocycles. The fourth-order valence-electron chi connectivity index (χ4n) is 3.14. The largest absolute Gasteiger partial charge is 0.353 e. The first-order chi connectivity index (χ1) is 12.1. The molecule has 1 aromatic carbocycles. The highest BCUT2D eigenvalue weighted by Gasteiger charge is 2.15. The van der Waals surface area contributed by atoms with Gasteiger partial charge in [-0.3, -0.25) is 9.59 Å². The predicted molar refractivity (Wildman–Crippen MR) is 93.5 cm³/mol. The summed E-state index contributed by atoms with van der Waals surface area (Å²) in [6.45, 7) is 0.229. The van der Waals surface area contributed by atoms with Crippen molar-refractivity contribution in [1.82, 2.24) is 15.1 Å². The number of nitrogens with one attached hydrogen (secondary N) is 1. The van der Waals surface area contributed by atoms with Gasteiger partial charge in [-0.15, -0.1) is 0 Å². The second-order valence-electron chi connectivity index (χ2n) is 6.44. The first-order valence-electron chi connectivity index (χ1n) is 8.75. The molecule has 1 amide bonds. The van der Waals surface area contributed by atoms with Crippen molar-refractivity contribution in [3.63, 3.8) is 0 Å². The summed E-state index contributed by atoms with van der Waals surface area (Å²) < 4.78 is 14.3. The molecule has 0 spiro atoms. The number of carbonyl (C=O) groups is 1. The van der Waals surface area contributed by atoms with Crippen molar-refractivity contribution >= 4 is 5.91 Å². The average Bonchev–Trinajstić information content (AvgIpc) is 2.63. The minimum Gasteiger partial charge on any atom is -0.353 e. The normalized spacial score (nSPS) is 15.1. The van der Waals surface area contributed by atoms with Crippen LogP contribution in [0.3, 0.4) is 0 Å². The molecule has 1 fully saturated rings. The monoisotopic (exact) mass is 343 g/mol. The number of carbonyl (C=O) groups excluding carboxylic acids is 1. The smallest absolute Gasteiger partial charge is 0.266 e. The number of amides is 1. The van der Waals surface area contributed by atoms with Gasteiger partial charge in [-0.05, 0) is 43.2 Å². The summed E-state index contributed by atoms with van der Waals surface area (Å²) in [5.41, 5.74) is 1.05. The van der Waals surface area contributed by atoms with Crippen molar-refractivity contribution < 1.29 is 9.18 Å². The Hall–Kier alpha value is -2.50. The number of halogens is 1. The zero-order valence-electron chi connectivity index (χ0n) is 14.1. The number of benzene rings is 1. The standard InChI is InChI=1S/C19H22FN3O2/c20-15-8-6-14(7-9-15)17-10-11-19(25)23(22-17)13-12-18(24)21-16-4-2-1-3-5-16/h6-11,16H,1-5,12-13H2,(H,21,24).